The van der Waals surface area contributed by atoms with Crippen molar-refractivity contribution in [2.45, 2.75) is 32.2 Å². The van der Waals surface area contributed by atoms with Gasteiger partial charge in [0.15, 0.2) is 0 Å². The van der Waals surface area contributed by atoms with Crippen molar-refractivity contribution in [3.63, 3.8) is 0 Å². The summed E-state index contributed by atoms with van der Waals surface area (Å²) in [6.07, 6.45) is -15.5. The molecular formula is C16H11BrF9NO. The predicted molar refractivity (Wildman–Crippen MR) is 84.2 cm³/mol. The number of halogens is 10. The van der Waals surface area contributed by atoms with Gasteiger partial charge in [0.25, 0.3) is 0 Å². The van der Waals surface area contributed by atoms with Gasteiger partial charge < -0.3 is 9.30 Å². The van der Waals surface area contributed by atoms with E-state index in [2.05, 4.69) is 15.9 Å². The van der Waals surface area contributed by atoms with Crippen LogP contribution in [0, 0.1) is 0 Å². The second-order valence-corrected chi connectivity index (χ2v) is 6.30. The number of aromatic nitrogens is 1. The highest BCUT2D eigenvalue weighted by atomic mass is 79.9. The van der Waals surface area contributed by atoms with Gasteiger partial charge >= 0.3 is 18.5 Å². The third-order valence-electron chi connectivity index (χ3n) is 3.67. The van der Waals surface area contributed by atoms with Crippen molar-refractivity contribution in [1.29, 1.82) is 0 Å². The molecule has 2 aromatic rings. The molecule has 0 saturated carbocycles. The lowest BCUT2D eigenvalue weighted by molar-refractivity contribution is -0.167. The minimum absolute atomic E-state index is 0.0963. The number of hydrogen-bond donors (Lipinski definition) is 0. The van der Waals surface area contributed by atoms with Crippen LogP contribution < -0.4 is 0 Å². The van der Waals surface area contributed by atoms with Gasteiger partial charge in [0.1, 0.15) is 18.0 Å². The smallest absolute Gasteiger partial charge is 0.361 e. The molecule has 1 heterocycles. The van der Waals surface area contributed by atoms with Crippen LogP contribution in [0.25, 0.3) is 11.3 Å². The topological polar surface area (TPSA) is 14.2 Å². The van der Waals surface area contributed by atoms with Crippen LogP contribution >= 0.6 is 15.9 Å². The van der Waals surface area contributed by atoms with Crippen molar-refractivity contribution in [1.82, 2.24) is 4.57 Å². The summed E-state index contributed by atoms with van der Waals surface area (Å²) in [6, 6.07) is 2.73. The summed E-state index contributed by atoms with van der Waals surface area (Å²) in [6.45, 7) is 0.450. The molecule has 0 aliphatic heterocycles. The van der Waals surface area contributed by atoms with E-state index in [0.717, 1.165) is 12.1 Å². The zero-order valence-electron chi connectivity index (χ0n) is 13.9. The Hall–Kier alpha value is -1.69. The maximum absolute atomic E-state index is 13.4. The quantitative estimate of drug-likeness (QED) is 0.428. The lowest BCUT2D eigenvalue weighted by Crippen LogP contribution is -2.21. The number of alkyl halides is 9. The Kier molecular flexibility index (Phi) is 6.15. The monoisotopic (exact) mass is 483 g/mol. The predicted octanol–water partition coefficient (Wildman–Crippen LogP) is 6.97. The van der Waals surface area contributed by atoms with Crippen LogP contribution in [0.3, 0.4) is 0 Å². The Labute approximate surface area is 161 Å². The zero-order valence-corrected chi connectivity index (χ0v) is 15.4. The van der Waals surface area contributed by atoms with E-state index in [1.165, 1.54) is 6.92 Å². The third kappa shape index (κ3) is 4.48. The van der Waals surface area contributed by atoms with E-state index in [4.69, 9.17) is 4.74 Å². The number of nitrogens with zero attached hydrogens (tertiary/aromatic N) is 1. The Morgan fingerprint density at radius 1 is 0.857 bits per heavy atom. The van der Waals surface area contributed by atoms with Gasteiger partial charge in [-0.1, -0.05) is 12.1 Å². The second kappa shape index (κ2) is 7.62. The fraction of sp³-hybridized carbons (Fsp3) is 0.375. The molecule has 1 aromatic heterocycles. The molecule has 0 aliphatic carbocycles. The molecule has 0 radical (unpaired) electrons. The van der Waals surface area contributed by atoms with Crippen molar-refractivity contribution in [2.24, 2.45) is 0 Å². The first-order valence-corrected chi connectivity index (χ1v) is 8.30. The standard InChI is InChI=1S/C16H11BrF9NO/c1-2-28-7-27-12(8-3-5-9(6-4-8)14(18,19)20)11(17)10(15(21,22)23)13(27)16(24,25)26/h3-6H,2,7H2,1H3. The van der Waals surface area contributed by atoms with Crippen molar-refractivity contribution < 1.29 is 44.3 Å². The fourth-order valence-corrected chi connectivity index (χ4v) is 3.41. The molecule has 0 amide bonds. The van der Waals surface area contributed by atoms with Gasteiger partial charge in [-0.25, -0.2) is 0 Å². The first kappa shape index (κ1) is 22.6. The molecule has 0 unspecified atom stereocenters. The number of hydrogen-bond acceptors (Lipinski definition) is 1. The molecular weight excluding hydrogens is 473 g/mol. The molecule has 12 heteroatoms. The SMILES string of the molecule is CCOCn1c(-c2ccc(C(F)(F)F)cc2)c(Br)c(C(F)(F)F)c1C(F)(F)F. The van der Waals surface area contributed by atoms with Crippen LogP contribution in [0.1, 0.15) is 23.7 Å². The average molecular weight is 484 g/mol. The molecule has 2 rings (SSSR count). The molecule has 0 saturated heterocycles. The van der Waals surface area contributed by atoms with E-state index in [1.807, 2.05) is 0 Å². The summed E-state index contributed by atoms with van der Waals surface area (Å²) in [5, 5.41) is 0. The lowest BCUT2D eigenvalue weighted by Gasteiger charge is -2.17. The Balaban J connectivity index is 2.81. The number of rotatable bonds is 4. The van der Waals surface area contributed by atoms with Crippen molar-refractivity contribution >= 4 is 15.9 Å². The van der Waals surface area contributed by atoms with Gasteiger partial charge in [-0.15, -0.1) is 0 Å². The van der Waals surface area contributed by atoms with Crippen LogP contribution in [0.2, 0.25) is 0 Å². The number of ether oxygens (including phenoxy) is 1. The molecule has 0 N–H and O–H groups in total. The summed E-state index contributed by atoms with van der Waals surface area (Å²) < 4.78 is 123. The molecule has 28 heavy (non-hydrogen) atoms. The first-order chi connectivity index (χ1) is 12.7. The summed E-state index contributed by atoms with van der Waals surface area (Å²) in [7, 11) is 0. The summed E-state index contributed by atoms with van der Waals surface area (Å²) in [5.41, 5.74) is -5.95. The Bertz CT molecular complexity index is 832. The van der Waals surface area contributed by atoms with Crippen LogP contribution in [0.15, 0.2) is 28.7 Å². The highest BCUT2D eigenvalue weighted by molar-refractivity contribution is 9.10. The van der Waals surface area contributed by atoms with Gasteiger partial charge in [-0.3, -0.25) is 0 Å². The lowest BCUT2D eigenvalue weighted by atomic mass is 10.1. The molecule has 0 bridgehead atoms. The van der Waals surface area contributed by atoms with Crippen molar-refractivity contribution in [3.8, 4) is 11.3 Å². The van der Waals surface area contributed by atoms with Crippen LogP contribution in [0.4, 0.5) is 39.5 Å². The van der Waals surface area contributed by atoms with E-state index in [0.29, 0.717) is 12.1 Å². The van der Waals surface area contributed by atoms with Crippen molar-refractivity contribution in [3.05, 3.63) is 45.6 Å². The minimum atomic E-state index is -5.39. The summed E-state index contributed by atoms with van der Waals surface area (Å²) >= 11 is 2.55. The van der Waals surface area contributed by atoms with Gasteiger partial charge in [0.05, 0.1) is 15.7 Å². The molecule has 1 aromatic carbocycles. The first-order valence-electron chi connectivity index (χ1n) is 7.51. The largest absolute Gasteiger partial charge is 0.432 e. The van der Waals surface area contributed by atoms with Crippen LogP contribution in [-0.4, -0.2) is 11.2 Å². The fourth-order valence-electron chi connectivity index (χ4n) is 2.55. The summed E-state index contributed by atoms with van der Waals surface area (Å²) in [4.78, 5) is 0. The zero-order chi connectivity index (χ0) is 21.5. The van der Waals surface area contributed by atoms with Gasteiger partial charge in [-0.05, 0) is 40.5 Å². The maximum Gasteiger partial charge on any atom is 0.432 e. The van der Waals surface area contributed by atoms with E-state index in [-0.39, 0.29) is 16.7 Å². The third-order valence-corrected chi connectivity index (χ3v) is 4.44. The van der Waals surface area contributed by atoms with E-state index < -0.39 is 52.2 Å². The van der Waals surface area contributed by atoms with E-state index in [1.54, 1.807) is 0 Å². The van der Waals surface area contributed by atoms with Gasteiger partial charge in [0, 0.05) is 6.61 Å². The Morgan fingerprint density at radius 3 is 1.79 bits per heavy atom. The molecule has 0 fully saturated rings. The molecule has 0 spiro atoms. The van der Waals surface area contributed by atoms with E-state index >= 15 is 0 Å². The van der Waals surface area contributed by atoms with Crippen LogP contribution in [-0.2, 0) is 30.0 Å². The minimum Gasteiger partial charge on any atom is -0.361 e. The normalized spacial score (nSPS) is 13.2. The van der Waals surface area contributed by atoms with Crippen molar-refractivity contribution in [2.75, 3.05) is 6.61 Å². The highest BCUT2D eigenvalue weighted by Crippen LogP contribution is 2.49. The second-order valence-electron chi connectivity index (χ2n) is 5.51. The number of benzene rings is 1. The highest BCUT2D eigenvalue weighted by Gasteiger charge is 2.49. The summed E-state index contributed by atoms with van der Waals surface area (Å²) in [5.74, 6) is 0. The van der Waals surface area contributed by atoms with Gasteiger partial charge in [-0.2, -0.15) is 39.5 Å². The van der Waals surface area contributed by atoms with Crippen LogP contribution in [0.5, 0.6) is 0 Å². The van der Waals surface area contributed by atoms with Gasteiger partial charge in [0.2, 0.25) is 0 Å². The van der Waals surface area contributed by atoms with E-state index in [9.17, 15) is 39.5 Å². The molecule has 0 atom stereocenters. The molecule has 2 nitrogen and oxygen atoms in total. The molecule has 0 aliphatic rings. The maximum atomic E-state index is 13.4. The molecule has 156 valence electrons. The average Bonchev–Trinajstić information content (AvgIpc) is 2.84. The Morgan fingerprint density at radius 2 is 1.39 bits per heavy atom.